The van der Waals surface area contributed by atoms with E-state index in [0.717, 1.165) is 6.92 Å². The first-order valence-corrected chi connectivity index (χ1v) is 3.95. The maximum atomic E-state index is 9.38. The zero-order chi connectivity index (χ0) is 10.2. The summed E-state index contributed by atoms with van der Waals surface area (Å²) in [6.45, 7) is 0.608. The molecule has 0 amide bonds. The van der Waals surface area contributed by atoms with Crippen molar-refractivity contribution >= 4 is 0 Å². The summed E-state index contributed by atoms with van der Waals surface area (Å²) in [6.07, 6.45) is -5.61. The van der Waals surface area contributed by atoms with E-state index < -0.39 is 36.8 Å². The monoisotopic (exact) mass is 194 g/mol. The molecular weight excluding hydrogens is 180 g/mol. The van der Waals surface area contributed by atoms with Crippen LogP contribution in [0, 0.1) is 0 Å². The molecule has 0 bridgehead atoms. The molecule has 1 rings (SSSR count). The summed E-state index contributed by atoms with van der Waals surface area (Å²) in [4.78, 5) is 0. The maximum Gasteiger partial charge on any atom is 0.192 e. The van der Waals surface area contributed by atoms with Crippen LogP contribution in [0.4, 0.5) is 0 Å². The van der Waals surface area contributed by atoms with Gasteiger partial charge in [-0.05, 0) is 6.92 Å². The molecule has 1 saturated heterocycles. The van der Waals surface area contributed by atoms with Crippen LogP contribution in [-0.2, 0) is 4.74 Å². The lowest BCUT2D eigenvalue weighted by atomic mass is 9.94. The van der Waals surface area contributed by atoms with Gasteiger partial charge in [-0.2, -0.15) is 0 Å². The number of hydrogen-bond acceptors (Lipinski definition) is 6. The van der Waals surface area contributed by atoms with Crippen molar-refractivity contribution in [2.75, 3.05) is 6.61 Å². The highest BCUT2D eigenvalue weighted by atomic mass is 16.7. The summed E-state index contributed by atoms with van der Waals surface area (Å²) in [5.41, 5.74) is 0. The minimum atomic E-state index is -1.95. The van der Waals surface area contributed by atoms with E-state index >= 15 is 0 Å². The first-order valence-electron chi connectivity index (χ1n) is 3.95. The first-order chi connectivity index (χ1) is 5.90. The number of ether oxygens (including phenoxy) is 1. The molecule has 1 aliphatic heterocycles. The molecule has 0 aliphatic carbocycles. The first kappa shape index (κ1) is 10.8. The molecule has 3 unspecified atom stereocenters. The number of aliphatic hydroxyl groups is 5. The Morgan fingerprint density at radius 1 is 1.23 bits per heavy atom. The smallest absolute Gasteiger partial charge is 0.192 e. The van der Waals surface area contributed by atoms with Crippen molar-refractivity contribution in [3.8, 4) is 0 Å². The second-order valence-electron chi connectivity index (χ2n) is 3.32. The van der Waals surface area contributed by atoms with Crippen LogP contribution in [0.1, 0.15) is 6.92 Å². The number of rotatable bonds is 1. The zero-order valence-electron chi connectivity index (χ0n) is 7.16. The standard InChI is InChI=1S/C7H14O6/c1-7(12)6(11)5(10)4(9)3(2-8)13-7/h3-6,8-12H,2H2,1H3/t3?,4-,5?,6?,7-/m0/s1. The summed E-state index contributed by atoms with van der Waals surface area (Å²) in [6, 6.07) is 0. The van der Waals surface area contributed by atoms with Crippen LogP contribution in [0.15, 0.2) is 0 Å². The van der Waals surface area contributed by atoms with E-state index in [1.54, 1.807) is 0 Å². The largest absolute Gasteiger partial charge is 0.394 e. The molecule has 78 valence electrons. The average Bonchev–Trinajstić information content (AvgIpc) is 2.08. The van der Waals surface area contributed by atoms with Gasteiger partial charge in [-0.1, -0.05) is 0 Å². The van der Waals surface area contributed by atoms with Gasteiger partial charge in [0, 0.05) is 0 Å². The van der Waals surface area contributed by atoms with Gasteiger partial charge in [0.2, 0.25) is 0 Å². The van der Waals surface area contributed by atoms with Crippen molar-refractivity contribution in [1.82, 2.24) is 0 Å². The molecule has 6 heteroatoms. The van der Waals surface area contributed by atoms with E-state index in [1.807, 2.05) is 0 Å². The van der Waals surface area contributed by atoms with Gasteiger partial charge in [-0.15, -0.1) is 0 Å². The van der Waals surface area contributed by atoms with Gasteiger partial charge < -0.3 is 30.3 Å². The van der Waals surface area contributed by atoms with Crippen molar-refractivity contribution in [3.63, 3.8) is 0 Å². The van der Waals surface area contributed by atoms with E-state index in [-0.39, 0.29) is 0 Å². The van der Waals surface area contributed by atoms with Crippen molar-refractivity contribution in [2.45, 2.75) is 37.1 Å². The third-order valence-electron chi connectivity index (χ3n) is 2.17. The summed E-state index contributed by atoms with van der Waals surface area (Å²) < 4.78 is 4.76. The topological polar surface area (TPSA) is 110 Å². The molecule has 5 atom stereocenters. The van der Waals surface area contributed by atoms with Gasteiger partial charge in [0.15, 0.2) is 5.79 Å². The van der Waals surface area contributed by atoms with E-state index in [4.69, 9.17) is 9.84 Å². The molecule has 0 aromatic rings. The number of hydrogen-bond donors (Lipinski definition) is 5. The Kier molecular flexibility index (Phi) is 2.91. The fraction of sp³-hybridized carbons (Fsp3) is 1.00. The minimum Gasteiger partial charge on any atom is -0.394 e. The molecule has 0 radical (unpaired) electrons. The summed E-state index contributed by atoms with van der Waals surface area (Å²) in [5.74, 6) is -1.95. The van der Waals surface area contributed by atoms with Crippen LogP contribution in [-0.4, -0.2) is 62.3 Å². The van der Waals surface area contributed by atoms with Crippen molar-refractivity contribution in [1.29, 1.82) is 0 Å². The van der Waals surface area contributed by atoms with Crippen molar-refractivity contribution in [3.05, 3.63) is 0 Å². The quantitative estimate of drug-likeness (QED) is 0.308. The summed E-state index contributed by atoms with van der Waals surface area (Å²) in [5, 5.41) is 45.8. The van der Waals surface area contributed by atoms with E-state index in [1.165, 1.54) is 0 Å². The highest BCUT2D eigenvalue weighted by Gasteiger charge is 2.49. The van der Waals surface area contributed by atoms with Gasteiger partial charge in [0.25, 0.3) is 0 Å². The van der Waals surface area contributed by atoms with Gasteiger partial charge in [0.05, 0.1) is 6.61 Å². The van der Waals surface area contributed by atoms with Crippen LogP contribution >= 0.6 is 0 Å². The Hall–Kier alpha value is -0.240. The molecule has 13 heavy (non-hydrogen) atoms. The Morgan fingerprint density at radius 3 is 2.23 bits per heavy atom. The van der Waals surface area contributed by atoms with Crippen molar-refractivity contribution < 1.29 is 30.3 Å². The predicted molar refractivity (Wildman–Crippen MR) is 40.6 cm³/mol. The van der Waals surface area contributed by atoms with Gasteiger partial charge >= 0.3 is 0 Å². The molecule has 0 saturated carbocycles. The van der Waals surface area contributed by atoms with Crippen LogP contribution < -0.4 is 0 Å². The Bertz CT molecular complexity index is 180. The molecule has 1 heterocycles. The third kappa shape index (κ3) is 1.83. The highest BCUT2D eigenvalue weighted by molar-refractivity contribution is 4.93. The molecular formula is C7H14O6. The summed E-state index contributed by atoms with van der Waals surface area (Å²) in [7, 11) is 0. The second kappa shape index (κ2) is 3.49. The maximum absolute atomic E-state index is 9.38. The van der Waals surface area contributed by atoms with Crippen molar-refractivity contribution in [2.24, 2.45) is 0 Å². The lowest BCUT2D eigenvalue weighted by Gasteiger charge is -2.43. The Labute approximate surface area is 75.0 Å². The Morgan fingerprint density at radius 2 is 1.77 bits per heavy atom. The second-order valence-corrected chi connectivity index (χ2v) is 3.32. The normalized spacial score (nSPS) is 52.2. The SMILES string of the molecule is C[C@]1(O)OC(CO)[C@H](O)C(O)C1O. The van der Waals surface area contributed by atoms with E-state index in [2.05, 4.69) is 0 Å². The molecule has 0 aromatic carbocycles. The predicted octanol–water partition coefficient (Wildman–Crippen LogP) is -2.83. The number of aliphatic hydroxyl groups excluding tert-OH is 4. The minimum absolute atomic E-state index is 0.541. The molecule has 0 spiro atoms. The van der Waals surface area contributed by atoms with Gasteiger partial charge in [-0.3, -0.25) is 0 Å². The van der Waals surface area contributed by atoms with Crippen LogP contribution in [0.3, 0.4) is 0 Å². The third-order valence-corrected chi connectivity index (χ3v) is 2.17. The molecule has 1 fully saturated rings. The fourth-order valence-electron chi connectivity index (χ4n) is 1.31. The molecule has 1 aliphatic rings. The molecule has 6 nitrogen and oxygen atoms in total. The highest BCUT2D eigenvalue weighted by Crippen LogP contribution is 2.27. The molecule has 0 aromatic heterocycles. The van der Waals surface area contributed by atoms with Gasteiger partial charge in [0.1, 0.15) is 24.4 Å². The van der Waals surface area contributed by atoms with Crippen LogP contribution in [0.25, 0.3) is 0 Å². The Balaban J connectivity index is 2.79. The van der Waals surface area contributed by atoms with Crippen LogP contribution in [0.2, 0.25) is 0 Å². The lowest BCUT2D eigenvalue weighted by molar-refractivity contribution is -0.341. The zero-order valence-corrected chi connectivity index (χ0v) is 7.16. The molecule has 5 N–H and O–H groups in total. The van der Waals surface area contributed by atoms with Gasteiger partial charge in [-0.25, -0.2) is 0 Å². The van der Waals surface area contributed by atoms with E-state index in [9.17, 15) is 20.4 Å². The van der Waals surface area contributed by atoms with Crippen LogP contribution in [0.5, 0.6) is 0 Å². The summed E-state index contributed by atoms with van der Waals surface area (Å²) >= 11 is 0. The average molecular weight is 194 g/mol. The fourth-order valence-corrected chi connectivity index (χ4v) is 1.31. The van der Waals surface area contributed by atoms with E-state index in [0.29, 0.717) is 0 Å². The lowest BCUT2D eigenvalue weighted by Crippen LogP contribution is -2.63.